The van der Waals surface area contributed by atoms with Gasteiger partial charge in [0.2, 0.25) is 5.91 Å². The molecule has 0 spiro atoms. The van der Waals surface area contributed by atoms with Gasteiger partial charge in [0.05, 0.1) is 6.33 Å². The van der Waals surface area contributed by atoms with Crippen molar-refractivity contribution in [1.29, 1.82) is 0 Å². The van der Waals surface area contributed by atoms with E-state index in [1.807, 2.05) is 31.2 Å². The van der Waals surface area contributed by atoms with E-state index in [0.29, 0.717) is 12.2 Å². The molecule has 0 unspecified atom stereocenters. The summed E-state index contributed by atoms with van der Waals surface area (Å²) < 4.78 is 1.29. The van der Waals surface area contributed by atoms with Crippen LogP contribution in [0.4, 0.5) is 0 Å². The van der Waals surface area contributed by atoms with Crippen LogP contribution in [0, 0.1) is 13.8 Å². The molecule has 0 aliphatic carbocycles. The zero-order valence-corrected chi connectivity index (χ0v) is 11.6. The summed E-state index contributed by atoms with van der Waals surface area (Å²) in [5, 5.41) is 2.78. The Morgan fingerprint density at radius 2 is 1.95 bits per heavy atom. The van der Waals surface area contributed by atoms with Gasteiger partial charge in [-0.05, 0) is 19.4 Å². The van der Waals surface area contributed by atoms with E-state index in [9.17, 15) is 9.59 Å². The van der Waals surface area contributed by atoms with Crippen LogP contribution in [-0.2, 0) is 17.9 Å². The van der Waals surface area contributed by atoms with Gasteiger partial charge >= 0.3 is 0 Å². The van der Waals surface area contributed by atoms with E-state index in [1.54, 1.807) is 6.92 Å². The van der Waals surface area contributed by atoms with Crippen molar-refractivity contribution in [2.24, 2.45) is 0 Å². The second-order valence-electron chi connectivity index (χ2n) is 4.76. The number of hydrogen-bond donors (Lipinski definition) is 1. The smallest absolute Gasteiger partial charge is 0.253 e. The molecule has 0 aliphatic heterocycles. The standard InChI is InChI=1S/C15H17N3O2/c1-11-3-5-13(6-4-11)8-16-14(19)9-18-10-17-12(2)7-15(18)20/h3-7,10H,8-9H2,1-2H3,(H,16,19). The van der Waals surface area contributed by atoms with Gasteiger partial charge in [0.15, 0.2) is 0 Å². The van der Waals surface area contributed by atoms with E-state index in [1.165, 1.54) is 22.5 Å². The Kier molecular flexibility index (Phi) is 4.30. The number of hydrogen-bond acceptors (Lipinski definition) is 3. The van der Waals surface area contributed by atoms with Gasteiger partial charge in [-0.2, -0.15) is 0 Å². The Morgan fingerprint density at radius 3 is 2.60 bits per heavy atom. The molecule has 1 heterocycles. The molecule has 2 aromatic rings. The normalized spacial score (nSPS) is 10.3. The third kappa shape index (κ3) is 3.78. The first kappa shape index (κ1) is 14.0. The van der Waals surface area contributed by atoms with Gasteiger partial charge in [0.25, 0.3) is 5.56 Å². The van der Waals surface area contributed by atoms with Crippen molar-refractivity contribution in [1.82, 2.24) is 14.9 Å². The summed E-state index contributed by atoms with van der Waals surface area (Å²) in [5.41, 5.74) is 2.63. The first-order chi connectivity index (χ1) is 9.54. The Bertz CT molecular complexity index is 660. The van der Waals surface area contributed by atoms with E-state index in [0.717, 1.165) is 5.56 Å². The zero-order valence-electron chi connectivity index (χ0n) is 11.6. The monoisotopic (exact) mass is 271 g/mol. The molecule has 5 nitrogen and oxygen atoms in total. The molecule has 1 aromatic carbocycles. The summed E-state index contributed by atoms with van der Waals surface area (Å²) in [7, 11) is 0. The van der Waals surface area contributed by atoms with Crippen LogP contribution in [0.3, 0.4) is 0 Å². The molecule has 2 rings (SSSR count). The molecular weight excluding hydrogens is 254 g/mol. The minimum absolute atomic E-state index is 0.0159. The highest BCUT2D eigenvalue weighted by molar-refractivity contribution is 5.75. The number of carbonyl (C=O) groups is 1. The van der Waals surface area contributed by atoms with Gasteiger partial charge in [-0.15, -0.1) is 0 Å². The van der Waals surface area contributed by atoms with E-state index < -0.39 is 0 Å². The quantitative estimate of drug-likeness (QED) is 0.908. The molecule has 1 N–H and O–H groups in total. The minimum atomic E-state index is -0.219. The van der Waals surface area contributed by atoms with Gasteiger partial charge in [-0.25, -0.2) is 4.98 Å². The summed E-state index contributed by atoms with van der Waals surface area (Å²) in [6.07, 6.45) is 1.39. The van der Waals surface area contributed by atoms with Crippen LogP contribution < -0.4 is 10.9 Å². The van der Waals surface area contributed by atoms with Crippen LogP contribution in [0.25, 0.3) is 0 Å². The fraction of sp³-hybridized carbons (Fsp3) is 0.267. The minimum Gasteiger partial charge on any atom is -0.350 e. The summed E-state index contributed by atoms with van der Waals surface area (Å²) in [6, 6.07) is 9.34. The zero-order chi connectivity index (χ0) is 14.5. The number of nitrogens with one attached hydrogen (secondary N) is 1. The summed E-state index contributed by atoms with van der Waals surface area (Å²) in [4.78, 5) is 27.4. The average molecular weight is 271 g/mol. The molecule has 0 saturated heterocycles. The van der Waals surface area contributed by atoms with Crippen molar-refractivity contribution < 1.29 is 4.79 Å². The maximum Gasteiger partial charge on any atom is 0.253 e. The van der Waals surface area contributed by atoms with Crippen molar-refractivity contribution in [3.8, 4) is 0 Å². The fourth-order valence-corrected chi connectivity index (χ4v) is 1.75. The second-order valence-corrected chi connectivity index (χ2v) is 4.76. The lowest BCUT2D eigenvalue weighted by Crippen LogP contribution is -2.32. The third-order valence-electron chi connectivity index (χ3n) is 2.94. The first-order valence-corrected chi connectivity index (χ1v) is 6.40. The molecule has 0 aliphatic rings. The van der Waals surface area contributed by atoms with Crippen molar-refractivity contribution in [3.05, 3.63) is 63.8 Å². The number of nitrogens with zero attached hydrogens (tertiary/aromatic N) is 2. The van der Waals surface area contributed by atoms with Gasteiger partial charge in [-0.3, -0.25) is 14.2 Å². The molecule has 20 heavy (non-hydrogen) atoms. The molecule has 1 aromatic heterocycles. The summed E-state index contributed by atoms with van der Waals surface area (Å²) in [6.45, 7) is 4.19. The molecule has 1 amide bonds. The predicted molar refractivity (Wildman–Crippen MR) is 76.3 cm³/mol. The highest BCUT2D eigenvalue weighted by Crippen LogP contribution is 2.02. The number of carbonyl (C=O) groups excluding carboxylic acids is 1. The highest BCUT2D eigenvalue weighted by Gasteiger charge is 2.04. The van der Waals surface area contributed by atoms with Crippen LogP contribution in [0.15, 0.2) is 41.5 Å². The largest absolute Gasteiger partial charge is 0.350 e. The third-order valence-corrected chi connectivity index (χ3v) is 2.94. The van der Waals surface area contributed by atoms with Crippen LogP contribution in [0.2, 0.25) is 0 Å². The number of benzene rings is 1. The second kappa shape index (κ2) is 6.14. The number of amides is 1. The van der Waals surface area contributed by atoms with Crippen LogP contribution in [-0.4, -0.2) is 15.5 Å². The Morgan fingerprint density at radius 1 is 1.25 bits per heavy atom. The van der Waals surface area contributed by atoms with E-state index in [4.69, 9.17) is 0 Å². The lowest BCUT2D eigenvalue weighted by atomic mass is 10.1. The Balaban J connectivity index is 1.92. The lowest BCUT2D eigenvalue weighted by Gasteiger charge is -2.07. The Labute approximate surface area is 117 Å². The van der Waals surface area contributed by atoms with Crippen LogP contribution >= 0.6 is 0 Å². The molecular formula is C15H17N3O2. The summed E-state index contributed by atoms with van der Waals surface area (Å²) >= 11 is 0. The molecule has 0 bridgehead atoms. The van der Waals surface area contributed by atoms with E-state index in [2.05, 4.69) is 10.3 Å². The van der Waals surface area contributed by atoms with Crippen molar-refractivity contribution >= 4 is 5.91 Å². The fourth-order valence-electron chi connectivity index (χ4n) is 1.75. The SMILES string of the molecule is Cc1ccc(CNC(=O)Cn2cnc(C)cc2=O)cc1. The number of rotatable bonds is 4. The predicted octanol–water partition coefficient (Wildman–Crippen LogP) is 1.18. The molecule has 0 radical (unpaired) electrons. The molecule has 0 atom stereocenters. The maximum atomic E-state index is 11.8. The molecule has 5 heteroatoms. The first-order valence-electron chi connectivity index (χ1n) is 6.40. The topological polar surface area (TPSA) is 64.0 Å². The van der Waals surface area contributed by atoms with E-state index in [-0.39, 0.29) is 18.0 Å². The van der Waals surface area contributed by atoms with Gasteiger partial charge in [0, 0.05) is 18.3 Å². The molecule has 0 fully saturated rings. The number of aromatic nitrogens is 2. The van der Waals surface area contributed by atoms with Gasteiger partial charge in [0.1, 0.15) is 6.54 Å². The maximum absolute atomic E-state index is 11.8. The van der Waals surface area contributed by atoms with Crippen LogP contribution in [0.5, 0.6) is 0 Å². The molecule has 0 saturated carbocycles. The van der Waals surface area contributed by atoms with Crippen LogP contribution in [0.1, 0.15) is 16.8 Å². The van der Waals surface area contributed by atoms with Crippen molar-refractivity contribution in [3.63, 3.8) is 0 Å². The Hall–Kier alpha value is -2.43. The van der Waals surface area contributed by atoms with Gasteiger partial charge < -0.3 is 5.32 Å². The number of aryl methyl sites for hydroxylation is 2. The van der Waals surface area contributed by atoms with Crippen molar-refractivity contribution in [2.45, 2.75) is 26.9 Å². The molecule has 104 valence electrons. The van der Waals surface area contributed by atoms with Crippen molar-refractivity contribution in [2.75, 3.05) is 0 Å². The van der Waals surface area contributed by atoms with Gasteiger partial charge in [-0.1, -0.05) is 29.8 Å². The van der Waals surface area contributed by atoms with E-state index >= 15 is 0 Å². The highest BCUT2D eigenvalue weighted by atomic mass is 16.2. The lowest BCUT2D eigenvalue weighted by molar-refractivity contribution is -0.121. The average Bonchev–Trinajstić information content (AvgIpc) is 2.41. The summed E-state index contributed by atoms with van der Waals surface area (Å²) in [5.74, 6) is -0.210.